The van der Waals surface area contributed by atoms with Gasteiger partial charge in [-0.15, -0.1) is 0 Å². The molecule has 0 aromatic heterocycles. The zero-order valence-corrected chi connectivity index (χ0v) is 12.8. The van der Waals surface area contributed by atoms with Crippen LogP contribution in [0.15, 0.2) is 12.1 Å². The summed E-state index contributed by atoms with van der Waals surface area (Å²) in [5.41, 5.74) is 7.04. The Bertz CT molecular complexity index is 432. The highest BCUT2D eigenvalue weighted by Gasteiger charge is 2.21. The van der Waals surface area contributed by atoms with Crippen molar-refractivity contribution in [2.24, 2.45) is 11.7 Å². The highest BCUT2D eigenvalue weighted by atomic mass is 35.5. The second kappa shape index (κ2) is 6.83. The third kappa shape index (κ3) is 4.55. The minimum absolute atomic E-state index is 0.111. The molecule has 1 saturated carbocycles. The van der Waals surface area contributed by atoms with Gasteiger partial charge in [0, 0.05) is 11.1 Å². The van der Waals surface area contributed by atoms with E-state index in [0.29, 0.717) is 10.0 Å². The van der Waals surface area contributed by atoms with E-state index in [9.17, 15) is 0 Å². The molecule has 0 saturated heterocycles. The maximum Gasteiger partial charge on any atom is 0.141 e. The number of halogens is 2. The van der Waals surface area contributed by atoms with Crippen LogP contribution in [0.5, 0.6) is 5.75 Å². The average Bonchev–Trinajstić information content (AvgIpc) is 3.16. The molecule has 0 spiro atoms. The van der Waals surface area contributed by atoms with Gasteiger partial charge in [0.2, 0.25) is 0 Å². The van der Waals surface area contributed by atoms with Gasteiger partial charge in [-0.3, -0.25) is 0 Å². The molecule has 1 unspecified atom stereocenters. The van der Waals surface area contributed by atoms with E-state index in [1.165, 1.54) is 12.8 Å². The summed E-state index contributed by atoms with van der Waals surface area (Å²) in [5.74, 6) is 1.61. The largest absolute Gasteiger partial charge is 0.492 e. The van der Waals surface area contributed by atoms with Gasteiger partial charge < -0.3 is 10.5 Å². The average molecular weight is 302 g/mol. The van der Waals surface area contributed by atoms with E-state index in [-0.39, 0.29) is 6.04 Å². The fourth-order valence-electron chi connectivity index (χ4n) is 2.09. The fourth-order valence-corrected chi connectivity index (χ4v) is 2.68. The Kier molecular flexibility index (Phi) is 5.37. The standard InChI is InChI=1S/C15H21Cl2NO/c1-2-13(18)8-11-7-12(16)9-14(17)15(11)19-6-5-10-3-4-10/h7,9-10,13H,2-6,8,18H2,1H3. The van der Waals surface area contributed by atoms with Gasteiger partial charge >= 0.3 is 0 Å². The molecule has 0 heterocycles. The van der Waals surface area contributed by atoms with Gasteiger partial charge in [-0.1, -0.05) is 43.0 Å². The molecule has 2 nitrogen and oxygen atoms in total. The molecule has 1 aromatic carbocycles. The monoisotopic (exact) mass is 301 g/mol. The van der Waals surface area contributed by atoms with Crippen LogP contribution in [0.2, 0.25) is 10.0 Å². The molecule has 1 fully saturated rings. The van der Waals surface area contributed by atoms with Gasteiger partial charge in [-0.2, -0.15) is 0 Å². The van der Waals surface area contributed by atoms with Crippen LogP contribution in [0.1, 0.15) is 38.2 Å². The first-order valence-electron chi connectivity index (χ1n) is 6.96. The first kappa shape index (κ1) is 15.0. The summed E-state index contributed by atoms with van der Waals surface area (Å²) < 4.78 is 5.87. The van der Waals surface area contributed by atoms with Crippen molar-refractivity contribution < 1.29 is 4.74 Å². The minimum Gasteiger partial charge on any atom is -0.492 e. The topological polar surface area (TPSA) is 35.2 Å². The molecule has 19 heavy (non-hydrogen) atoms. The Morgan fingerprint density at radius 2 is 2.11 bits per heavy atom. The van der Waals surface area contributed by atoms with Crippen LogP contribution in [0.3, 0.4) is 0 Å². The van der Waals surface area contributed by atoms with Gasteiger partial charge in [-0.25, -0.2) is 0 Å². The van der Waals surface area contributed by atoms with Crippen LogP contribution in [0, 0.1) is 5.92 Å². The van der Waals surface area contributed by atoms with Crippen molar-refractivity contribution in [1.29, 1.82) is 0 Å². The second-order valence-corrected chi connectivity index (χ2v) is 6.17. The third-order valence-corrected chi connectivity index (χ3v) is 4.06. The highest BCUT2D eigenvalue weighted by Crippen LogP contribution is 2.35. The molecule has 106 valence electrons. The minimum atomic E-state index is 0.111. The third-order valence-electron chi connectivity index (χ3n) is 3.56. The predicted octanol–water partition coefficient (Wildman–Crippen LogP) is 4.45. The first-order chi connectivity index (χ1) is 9.10. The van der Waals surface area contributed by atoms with Crippen LogP contribution in [0.25, 0.3) is 0 Å². The van der Waals surface area contributed by atoms with Crippen molar-refractivity contribution in [3.63, 3.8) is 0 Å². The van der Waals surface area contributed by atoms with Crippen molar-refractivity contribution in [2.75, 3.05) is 6.61 Å². The molecular weight excluding hydrogens is 281 g/mol. The summed E-state index contributed by atoms with van der Waals surface area (Å²) in [7, 11) is 0. The first-order valence-corrected chi connectivity index (χ1v) is 7.72. The Morgan fingerprint density at radius 1 is 1.37 bits per heavy atom. The van der Waals surface area contributed by atoms with Gasteiger partial charge in [0.05, 0.1) is 11.6 Å². The van der Waals surface area contributed by atoms with Crippen LogP contribution >= 0.6 is 23.2 Å². The quantitative estimate of drug-likeness (QED) is 0.807. The zero-order chi connectivity index (χ0) is 13.8. The van der Waals surface area contributed by atoms with Gasteiger partial charge in [0.1, 0.15) is 5.75 Å². The summed E-state index contributed by atoms with van der Waals surface area (Å²) in [6.45, 7) is 2.80. The molecule has 2 rings (SSSR count). The summed E-state index contributed by atoms with van der Waals surface area (Å²) in [6.07, 6.45) is 5.45. The van der Waals surface area contributed by atoms with E-state index in [1.54, 1.807) is 6.07 Å². The van der Waals surface area contributed by atoms with Crippen molar-refractivity contribution >= 4 is 23.2 Å². The van der Waals surface area contributed by atoms with Crippen molar-refractivity contribution in [3.05, 3.63) is 27.7 Å². The van der Waals surface area contributed by atoms with E-state index < -0.39 is 0 Å². The Morgan fingerprint density at radius 3 is 2.74 bits per heavy atom. The SMILES string of the molecule is CCC(N)Cc1cc(Cl)cc(Cl)c1OCCC1CC1. The smallest absolute Gasteiger partial charge is 0.141 e. The summed E-state index contributed by atoms with van der Waals surface area (Å²) in [4.78, 5) is 0. The highest BCUT2D eigenvalue weighted by molar-refractivity contribution is 6.35. The lowest BCUT2D eigenvalue weighted by Gasteiger charge is -2.16. The Hall–Kier alpha value is -0.440. The number of ether oxygens (including phenoxy) is 1. The van der Waals surface area contributed by atoms with Crippen LogP contribution in [-0.4, -0.2) is 12.6 Å². The molecule has 0 radical (unpaired) electrons. The van der Waals surface area contributed by atoms with Crippen LogP contribution in [0.4, 0.5) is 0 Å². The Balaban J connectivity index is 2.07. The molecule has 0 aliphatic heterocycles. The molecule has 0 bridgehead atoms. The molecule has 0 amide bonds. The number of nitrogens with two attached hydrogens (primary N) is 1. The second-order valence-electron chi connectivity index (χ2n) is 5.33. The molecule has 1 aromatic rings. The lowest BCUT2D eigenvalue weighted by Crippen LogP contribution is -2.22. The van der Waals surface area contributed by atoms with Crippen molar-refractivity contribution in [2.45, 2.75) is 45.1 Å². The summed E-state index contributed by atoms with van der Waals surface area (Å²) in [6, 6.07) is 3.76. The molecule has 1 aliphatic rings. The fraction of sp³-hybridized carbons (Fsp3) is 0.600. The van der Waals surface area contributed by atoms with Crippen molar-refractivity contribution in [3.8, 4) is 5.75 Å². The summed E-state index contributed by atoms with van der Waals surface area (Å²) >= 11 is 12.3. The van der Waals surface area contributed by atoms with Crippen LogP contribution in [-0.2, 0) is 6.42 Å². The maximum absolute atomic E-state index is 6.24. The number of hydrogen-bond donors (Lipinski definition) is 1. The van der Waals surface area contributed by atoms with Gasteiger partial charge in [-0.05, 0) is 42.9 Å². The molecule has 2 N–H and O–H groups in total. The number of benzene rings is 1. The molecule has 4 heteroatoms. The Labute approximate surface area is 125 Å². The molecule has 1 atom stereocenters. The maximum atomic E-state index is 6.24. The van der Waals surface area contributed by atoms with Gasteiger partial charge in [0.15, 0.2) is 0 Å². The van der Waals surface area contributed by atoms with E-state index >= 15 is 0 Å². The lowest BCUT2D eigenvalue weighted by atomic mass is 10.0. The normalized spacial score (nSPS) is 16.4. The van der Waals surface area contributed by atoms with E-state index in [1.807, 2.05) is 6.07 Å². The van der Waals surface area contributed by atoms with E-state index in [4.69, 9.17) is 33.7 Å². The van der Waals surface area contributed by atoms with E-state index in [2.05, 4.69) is 6.92 Å². The summed E-state index contributed by atoms with van der Waals surface area (Å²) in [5, 5.41) is 1.22. The zero-order valence-electron chi connectivity index (χ0n) is 11.3. The molecular formula is C15H21Cl2NO. The van der Waals surface area contributed by atoms with Crippen LogP contribution < -0.4 is 10.5 Å². The van der Waals surface area contributed by atoms with E-state index in [0.717, 1.165) is 43.1 Å². The number of hydrogen-bond acceptors (Lipinski definition) is 2. The van der Waals surface area contributed by atoms with Crippen molar-refractivity contribution in [1.82, 2.24) is 0 Å². The lowest BCUT2D eigenvalue weighted by molar-refractivity contribution is 0.299. The predicted molar refractivity (Wildman–Crippen MR) is 81.3 cm³/mol. The molecule has 1 aliphatic carbocycles. The number of rotatable bonds is 7. The van der Waals surface area contributed by atoms with Gasteiger partial charge in [0.25, 0.3) is 0 Å².